The first-order valence-electron chi connectivity index (χ1n) is 3.68. The Kier molecular flexibility index (Phi) is 2.37. The average molecular weight is 269 g/mol. The van der Waals surface area contributed by atoms with Crippen LogP contribution < -0.4 is 0 Å². The molecule has 0 aliphatic rings. The van der Waals surface area contributed by atoms with Crippen LogP contribution in [0.1, 0.15) is 0 Å². The van der Waals surface area contributed by atoms with Crippen LogP contribution in [0.15, 0.2) is 23.4 Å². The molecule has 0 spiro atoms. The van der Waals surface area contributed by atoms with Crippen molar-refractivity contribution in [2.45, 2.75) is 5.03 Å². The van der Waals surface area contributed by atoms with E-state index in [2.05, 4.69) is 4.98 Å². The zero-order valence-electron chi connectivity index (χ0n) is 6.99. The Balaban J connectivity index is 2.99. The van der Waals surface area contributed by atoms with E-state index in [-0.39, 0.29) is 10.8 Å². The molecule has 0 saturated carbocycles. The molecule has 15 heavy (non-hydrogen) atoms. The van der Waals surface area contributed by atoms with Gasteiger partial charge in [0.1, 0.15) is 0 Å². The van der Waals surface area contributed by atoms with Crippen LogP contribution in [-0.2, 0) is 9.05 Å². The van der Waals surface area contributed by atoms with Crippen molar-refractivity contribution in [1.29, 1.82) is 0 Å². The molecule has 0 unspecified atom stereocenters. The first kappa shape index (κ1) is 10.7. The third-order valence-corrected chi connectivity index (χ3v) is 3.42. The van der Waals surface area contributed by atoms with Crippen LogP contribution in [-0.4, -0.2) is 17.8 Å². The van der Waals surface area contributed by atoms with Gasteiger partial charge in [0, 0.05) is 16.9 Å². The van der Waals surface area contributed by atoms with Crippen molar-refractivity contribution in [2.75, 3.05) is 0 Å². The average Bonchev–Trinajstić information content (AvgIpc) is 2.41. The van der Waals surface area contributed by atoms with Crippen molar-refractivity contribution >= 4 is 37.0 Å². The van der Waals surface area contributed by atoms with Gasteiger partial charge in [-0.2, -0.15) is 0 Å². The first-order chi connectivity index (χ1) is 6.91. The molecule has 2 aromatic heterocycles. The topological polar surface area (TPSA) is 51.4 Å². The standard InChI is InChI=1S/C7H3Cl2FN2O2S/c8-5-7(15(9,13)14)12-3-1-2-4(10)6(12)11-5/h1-3H. The van der Waals surface area contributed by atoms with Gasteiger partial charge in [0.25, 0.3) is 9.05 Å². The van der Waals surface area contributed by atoms with Crippen molar-refractivity contribution < 1.29 is 12.8 Å². The summed E-state index contributed by atoms with van der Waals surface area (Å²) in [4.78, 5) is 3.57. The van der Waals surface area contributed by atoms with Gasteiger partial charge in [-0.3, -0.25) is 4.40 Å². The number of imidazole rings is 1. The quantitative estimate of drug-likeness (QED) is 0.744. The smallest absolute Gasteiger partial charge is 0.280 e. The zero-order chi connectivity index (χ0) is 11.2. The van der Waals surface area contributed by atoms with E-state index in [1.807, 2.05) is 0 Å². The minimum absolute atomic E-state index is 0.179. The lowest BCUT2D eigenvalue weighted by atomic mass is 10.4. The number of aromatic nitrogens is 2. The second-order valence-corrected chi connectivity index (χ2v) is 5.53. The van der Waals surface area contributed by atoms with E-state index in [0.29, 0.717) is 0 Å². The molecule has 0 N–H and O–H groups in total. The van der Waals surface area contributed by atoms with Gasteiger partial charge in [-0.1, -0.05) is 11.6 Å². The van der Waals surface area contributed by atoms with Crippen LogP contribution in [0.5, 0.6) is 0 Å². The summed E-state index contributed by atoms with van der Waals surface area (Å²) < 4.78 is 36.4. The van der Waals surface area contributed by atoms with E-state index in [1.165, 1.54) is 12.3 Å². The molecule has 8 heteroatoms. The maximum absolute atomic E-state index is 13.2. The van der Waals surface area contributed by atoms with Gasteiger partial charge in [-0.15, -0.1) is 0 Å². The molecule has 2 rings (SSSR count). The summed E-state index contributed by atoms with van der Waals surface area (Å²) in [6.07, 6.45) is 1.31. The molecule has 0 radical (unpaired) electrons. The Hall–Kier alpha value is -0.850. The molecule has 0 aliphatic carbocycles. The largest absolute Gasteiger partial charge is 0.286 e. The molecular weight excluding hydrogens is 266 g/mol. The number of hydrogen-bond donors (Lipinski definition) is 0. The summed E-state index contributed by atoms with van der Waals surface area (Å²) in [6.45, 7) is 0. The molecule has 2 aromatic rings. The Labute approximate surface area is 93.7 Å². The number of halogens is 3. The lowest BCUT2D eigenvalue weighted by Gasteiger charge is -1.97. The summed E-state index contributed by atoms with van der Waals surface area (Å²) in [7, 11) is 1.08. The fraction of sp³-hybridized carbons (Fsp3) is 0. The predicted molar refractivity (Wildman–Crippen MR) is 53.2 cm³/mol. The summed E-state index contributed by atoms with van der Waals surface area (Å²) in [5.41, 5.74) is -0.179. The molecule has 0 saturated heterocycles. The monoisotopic (exact) mass is 268 g/mol. The highest BCUT2D eigenvalue weighted by atomic mass is 35.7. The molecule has 0 amide bonds. The van der Waals surface area contributed by atoms with Crippen molar-refractivity contribution in [3.63, 3.8) is 0 Å². The van der Waals surface area contributed by atoms with E-state index >= 15 is 0 Å². The molecule has 0 fully saturated rings. The molecule has 0 bridgehead atoms. The first-order valence-corrected chi connectivity index (χ1v) is 6.36. The van der Waals surface area contributed by atoms with E-state index in [4.69, 9.17) is 22.3 Å². The number of pyridine rings is 1. The van der Waals surface area contributed by atoms with Crippen LogP contribution >= 0.6 is 22.3 Å². The number of nitrogens with zero attached hydrogens (tertiary/aromatic N) is 2. The highest BCUT2D eigenvalue weighted by molar-refractivity contribution is 8.13. The second kappa shape index (κ2) is 3.33. The predicted octanol–water partition coefficient (Wildman–Crippen LogP) is 2.05. The Morgan fingerprint density at radius 1 is 1.47 bits per heavy atom. The van der Waals surface area contributed by atoms with Crippen molar-refractivity contribution in [3.8, 4) is 0 Å². The molecular formula is C7H3Cl2FN2O2S. The van der Waals surface area contributed by atoms with Crippen LogP contribution in [0.2, 0.25) is 5.15 Å². The fourth-order valence-corrected chi connectivity index (χ4v) is 2.87. The maximum Gasteiger partial charge on any atom is 0.280 e. The molecule has 4 nitrogen and oxygen atoms in total. The molecule has 0 atom stereocenters. The maximum atomic E-state index is 13.2. The summed E-state index contributed by atoms with van der Waals surface area (Å²) >= 11 is 5.56. The molecule has 0 aromatic carbocycles. The van der Waals surface area contributed by atoms with E-state index < -0.39 is 19.9 Å². The third-order valence-electron chi connectivity index (χ3n) is 1.75. The summed E-state index contributed by atoms with van der Waals surface area (Å²) in [5, 5.41) is -0.782. The second-order valence-electron chi connectivity index (χ2n) is 2.70. The lowest BCUT2D eigenvalue weighted by Crippen LogP contribution is -1.98. The van der Waals surface area contributed by atoms with E-state index in [9.17, 15) is 12.8 Å². The fourth-order valence-electron chi connectivity index (χ4n) is 1.20. The minimum atomic E-state index is -4.06. The Morgan fingerprint density at radius 2 is 2.13 bits per heavy atom. The minimum Gasteiger partial charge on any atom is -0.286 e. The number of hydrogen-bond acceptors (Lipinski definition) is 3. The number of rotatable bonds is 1. The van der Waals surface area contributed by atoms with Crippen LogP contribution in [0.25, 0.3) is 5.65 Å². The van der Waals surface area contributed by atoms with Crippen molar-refractivity contribution in [1.82, 2.24) is 9.38 Å². The van der Waals surface area contributed by atoms with Gasteiger partial charge >= 0.3 is 0 Å². The highest BCUT2D eigenvalue weighted by Gasteiger charge is 2.23. The molecule has 2 heterocycles. The van der Waals surface area contributed by atoms with Gasteiger partial charge in [0.15, 0.2) is 21.6 Å². The van der Waals surface area contributed by atoms with Crippen LogP contribution in [0, 0.1) is 5.82 Å². The molecule has 0 aliphatic heterocycles. The summed E-state index contributed by atoms with van der Waals surface area (Å²) in [6, 6.07) is 2.47. The van der Waals surface area contributed by atoms with E-state index in [1.54, 1.807) is 0 Å². The lowest BCUT2D eigenvalue weighted by molar-refractivity contribution is 0.603. The Bertz CT molecular complexity index is 638. The van der Waals surface area contributed by atoms with Gasteiger partial charge in [0.05, 0.1) is 0 Å². The molecule has 80 valence electrons. The SMILES string of the molecule is O=S(=O)(Cl)c1c(Cl)nc2c(F)cccn12. The van der Waals surface area contributed by atoms with Gasteiger partial charge < -0.3 is 0 Å². The van der Waals surface area contributed by atoms with E-state index in [0.717, 1.165) is 10.5 Å². The number of fused-ring (bicyclic) bond motifs is 1. The Morgan fingerprint density at radius 3 is 2.73 bits per heavy atom. The third kappa shape index (κ3) is 1.68. The van der Waals surface area contributed by atoms with Gasteiger partial charge in [-0.05, 0) is 12.1 Å². The highest BCUT2D eigenvalue weighted by Crippen LogP contribution is 2.26. The summed E-state index contributed by atoms with van der Waals surface area (Å²) in [5.74, 6) is -0.675. The van der Waals surface area contributed by atoms with Crippen LogP contribution in [0.4, 0.5) is 4.39 Å². The van der Waals surface area contributed by atoms with Gasteiger partial charge in [-0.25, -0.2) is 17.8 Å². The zero-order valence-corrected chi connectivity index (χ0v) is 9.31. The van der Waals surface area contributed by atoms with Crippen molar-refractivity contribution in [2.24, 2.45) is 0 Å². The van der Waals surface area contributed by atoms with Crippen molar-refractivity contribution in [3.05, 3.63) is 29.3 Å². The van der Waals surface area contributed by atoms with Gasteiger partial charge in [0.2, 0.25) is 0 Å². The normalized spacial score (nSPS) is 12.2. The van der Waals surface area contributed by atoms with Crippen LogP contribution in [0.3, 0.4) is 0 Å².